The van der Waals surface area contributed by atoms with Gasteiger partial charge >= 0.3 is 0 Å². The first-order chi connectivity index (χ1) is 7.13. The maximum atomic E-state index is 10.7. The van der Waals surface area contributed by atoms with E-state index in [0.29, 0.717) is 0 Å². The molecule has 1 radical (unpaired) electrons. The molecule has 0 bridgehead atoms. The third-order valence-corrected chi connectivity index (χ3v) is 2.73. The lowest BCUT2D eigenvalue weighted by Gasteiger charge is -2.11. The van der Waals surface area contributed by atoms with Crippen LogP contribution in [0.3, 0.4) is 0 Å². The number of phenolic OH excluding ortho intramolecular Hbond substituents is 1. The maximum Gasteiger partial charge on any atom is 0.199 e. The van der Waals surface area contributed by atoms with Gasteiger partial charge in [0, 0.05) is 12.3 Å². The normalized spacial score (nSPS) is 14.5. The van der Waals surface area contributed by atoms with E-state index < -0.39 is 11.1 Å². The molecule has 81 valence electrons. The van der Waals surface area contributed by atoms with Crippen molar-refractivity contribution < 1.29 is 18.7 Å². The Hall–Kier alpha value is -1.20. The lowest BCUT2D eigenvalue weighted by Crippen LogP contribution is -2.09. The summed E-state index contributed by atoms with van der Waals surface area (Å²) in [5.74, 6) is -0.202. The molecular formula is C10H11O4S. The monoisotopic (exact) mass is 227 g/mol. The van der Waals surface area contributed by atoms with E-state index in [4.69, 9.17) is 9.66 Å². The van der Waals surface area contributed by atoms with Gasteiger partial charge in [-0.15, -0.1) is 0 Å². The van der Waals surface area contributed by atoms with Crippen molar-refractivity contribution in [2.24, 2.45) is 0 Å². The molecule has 1 aromatic carbocycles. The molecule has 4 nitrogen and oxygen atoms in total. The number of phenols is 1. The Balaban J connectivity index is 2.83. The average Bonchev–Trinajstić information content (AvgIpc) is 2.17. The summed E-state index contributed by atoms with van der Waals surface area (Å²) in [5.41, 5.74) is 0.749. The number of hydrogen-bond donors (Lipinski definition) is 2. The van der Waals surface area contributed by atoms with Gasteiger partial charge in [0.05, 0.1) is 5.75 Å². The van der Waals surface area contributed by atoms with Gasteiger partial charge in [-0.2, -0.15) is 0 Å². The maximum absolute atomic E-state index is 10.7. The minimum absolute atomic E-state index is 0.0000151. The highest BCUT2D eigenvalue weighted by molar-refractivity contribution is 7.79. The van der Waals surface area contributed by atoms with Crippen molar-refractivity contribution in [2.75, 3.05) is 5.75 Å². The molecule has 2 unspecified atom stereocenters. The van der Waals surface area contributed by atoms with Crippen molar-refractivity contribution in [2.45, 2.75) is 12.3 Å². The molecule has 1 rings (SSSR count). The smallest absolute Gasteiger partial charge is 0.199 e. The number of rotatable bonds is 5. The average molecular weight is 227 g/mol. The number of carbonyl (C=O) groups excluding carboxylic acids is 1. The summed E-state index contributed by atoms with van der Waals surface area (Å²) in [6.45, 7) is 0. The van der Waals surface area contributed by atoms with Crippen LogP contribution in [0.25, 0.3) is 0 Å². The molecular weight excluding hydrogens is 216 g/mol. The number of benzene rings is 1. The summed E-state index contributed by atoms with van der Waals surface area (Å²) in [5, 5.41) is 9.06. The molecule has 2 N–H and O–H groups in total. The van der Waals surface area contributed by atoms with Crippen LogP contribution in [0.1, 0.15) is 17.9 Å². The summed E-state index contributed by atoms with van der Waals surface area (Å²) in [6, 6.07) is 6.22. The fourth-order valence-corrected chi connectivity index (χ4v) is 1.95. The topological polar surface area (TPSA) is 74.6 Å². The van der Waals surface area contributed by atoms with E-state index in [-0.39, 0.29) is 23.8 Å². The zero-order valence-electron chi connectivity index (χ0n) is 7.92. The minimum atomic E-state index is -1.94. The van der Waals surface area contributed by atoms with E-state index in [0.717, 1.165) is 5.56 Å². The zero-order chi connectivity index (χ0) is 11.3. The highest BCUT2D eigenvalue weighted by Crippen LogP contribution is 2.21. The number of hydrogen-bond acceptors (Lipinski definition) is 3. The quantitative estimate of drug-likeness (QED) is 0.741. The first-order valence-electron chi connectivity index (χ1n) is 4.35. The molecule has 5 heteroatoms. The van der Waals surface area contributed by atoms with Gasteiger partial charge in [-0.05, 0) is 17.7 Å². The van der Waals surface area contributed by atoms with Crippen LogP contribution >= 0.6 is 0 Å². The second-order valence-electron chi connectivity index (χ2n) is 3.13. The van der Waals surface area contributed by atoms with Gasteiger partial charge in [-0.1, -0.05) is 12.1 Å². The fourth-order valence-electron chi connectivity index (χ4n) is 1.29. The highest BCUT2D eigenvalue weighted by atomic mass is 32.2. The molecule has 1 aromatic rings. The van der Waals surface area contributed by atoms with Crippen LogP contribution in [0.2, 0.25) is 0 Å². The Bertz CT molecular complexity index is 347. The van der Waals surface area contributed by atoms with E-state index in [1.807, 2.05) is 0 Å². The molecule has 0 aliphatic carbocycles. The zero-order valence-corrected chi connectivity index (χ0v) is 8.74. The van der Waals surface area contributed by atoms with Crippen molar-refractivity contribution in [1.29, 1.82) is 0 Å². The van der Waals surface area contributed by atoms with E-state index in [9.17, 15) is 9.00 Å². The predicted molar refractivity (Wildman–Crippen MR) is 56.8 cm³/mol. The van der Waals surface area contributed by atoms with Crippen molar-refractivity contribution in [1.82, 2.24) is 0 Å². The molecule has 0 heterocycles. The lowest BCUT2D eigenvalue weighted by molar-refractivity contribution is 0.475. The van der Waals surface area contributed by atoms with Crippen LogP contribution in [-0.2, 0) is 15.9 Å². The second-order valence-corrected chi connectivity index (χ2v) is 4.10. The van der Waals surface area contributed by atoms with Gasteiger partial charge in [0.25, 0.3) is 0 Å². The Morgan fingerprint density at radius 1 is 1.33 bits per heavy atom. The molecule has 0 saturated carbocycles. The van der Waals surface area contributed by atoms with E-state index >= 15 is 0 Å². The van der Waals surface area contributed by atoms with Crippen LogP contribution in [0.4, 0.5) is 0 Å². The van der Waals surface area contributed by atoms with Crippen LogP contribution in [0.5, 0.6) is 5.75 Å². The SMILES string of the molecule is O=[C]CC(CS(=O)O)c1ccc(O)cc1. The van der Waals surface area contributed by atoms with Crippen LogP contribution < -0.4 is 0 Å². The molecule has 0 aliphatic heterocycles. The van der Waals surface area contributed by atoms with E-state index in [2.05, 4.69) is 0 Å². The molecule has 0 fully saturated rings. The minimum Gasteiger partial charge on any atom is -0.508 e. The fraction of sp³-hybridized carbons (Fsp3) is 0.300. The summed E-state index contributed by atoms with van der Waals surface area (Å²) < 4.78 is 19.4. The Morgan fingerprint density at radius 3 is 2.40 bits per heavy atom. The highest BCUT2D eigenvalue weighted by Gasteiger charge is 2.14. The molecule has 2 atom stereocenters. The Morgan fingerprint density at radius 2 is 1.93 bits per heavy atom. The standard InChI is InChI=1S/C10H11O4S/c11-6-5-9(7-15(13)14)8-1-3-10(12)4-2-8/h1-4,9,12H,5,7H2,(H,13,14). The van der Waals surface area contributed by atoms with E-state index in [1.165, 1.54) is 12.1 Å². The summed E-state index contributed by atoms with van der Waals surface area (Å²) in [6.07, 6.45) is 1.81. The molecule has 0 saturated heterocycles. The van der Waals surface area contributed by atoms with Crippen LogP contribution in [-0.4, -0.2) is 25.9 Å². The molecule has 0 aromatic heterocycles. The van der Waals surface area contributed by atoms with Crippen LogP contribution in [0.15, 0.2) is 24.3 Å². The molecule has 15 heavy (non-hydrogen) atoms. The van der Waals surface area contributed by atoms with Gasteiger partial charge in [0.1, 0.15) is 5.75 Å². The van der Waals surface area contributed by atoms with Gasteiger partial charge < -0.3 is 9.66 Å². The third kappa shape index (κ3) is 3.81. The molecule has 0 aliphatic rings. The Labute approximate surface area is 90.2 Å². The summed E-state index contributed by atoms with van der Waals surface area (Å²) >= 11 is -1.94. The molecule has 0 amide bonds. The Kier molecular flexibility index (Phi) is 4.45. The van der Waals surface area contributed by atoms with Gasteiger partial charge in [0.15, 0.2) is 17.4 Å². The van der Waals surface area contributed by atoms with Crippen molar-refractivity contribution in [3.05, 3.63) is 29.8 Å². The second kappa shape index (κ2) is 5.63. The largest absolute Gasteiger partial charge is 0.508 e. The van der Waals surface area contributed by atoms with Crippen LogP contribution in [0, 0.1) is 0 Å². The number of aromatic hydroxyl groups is 1. The van der Waals surface area contributed by atoms with Gasteiger partial charge in [0.2, 0.25) is 0 Å². The lowest BCUT2D eigenvalue weighted by atomic mass is 9.98. The van der Waals surface area contributed by atoms with Crippen molar-refractivity contribution >= 4 is 17.4 Å². The summed E-state index contributed by atoms with van der Waals surface area (Å²) in [4.78, 5) is 10.3. The summed E-state index contributed by atoms with van der Waals surface area (Å²) in [7, 11) is 0. The van der Waals surface area contributed by atoms with Gasteiger partial charge in [-0.3, -0.25) is 4.79 Å². The van der Waals surface area contributed by atoms with E-state index in [1.54, 1.807) is 18.4 Å². The third-order valence-electron chi connectivity index (χ3n) is 2.04. The van der Waals surface area contributed by atoms with Gasteiger partial charge in [-0.25, -0.2) is 4.21 Å². The molecule has 0 spiro atoms. The van der Waals surface area contributed by atoms with Crippen molar-refractivity contribution in [3.63, 3.8) is 0 Å². The van der Waals surface area contributed by atoms with Crippen molar-refractivity contribution in [3.8, 4) is 5.75 Å². The first kappa shape index (κ1) is 11.9. The predicted octanol–water partition coefficient (Wildman–Crippen LogP) is 1.20. The first-order valence-corrected chi connectivity index (χ1v) is 5.62.